The minimum absolute atomic E-state index is 0.00394. The van der Waals surface area contributed by atoms with Gasteiger partial charge in [0.15, 0.2) is 5.84 Å². The van der Waals surface area contributed by atoms with Crippen molar-refractivity contribution in [2.75, 3.05) is 18.1 Å². The highest BCUT2D eigenvalue weighted by Gasteiger charge is 2.47. The highest BCUT2D eigenvalue weighted by Crippen LogP contribution is 2.43. The molecule has 3 aliphatic rings. The number of hydrogen-bond donors (Lipinski definition) is 3. The zero-order valence-electron chi connectivity index (χ0n) is 19.6. The Morgan fingerprint density at radius 1 is 1.32 bits per heavy atom. The van der Waals surface area contributed by atoms with Crippen LogP contribution in [0.25, 0.3) is 0 Å². The van der Waals surface area contributed by atoms with Crippen molar-refractivity contribution in [1.82, 2.24) is 9.62 Å². The van der Waals surface area contributed by atoms with E-state index in [9.17, 15) is 26.7 Å². The van der Waals surface area contributed by atoms with Gasteiger partial charge < -0.3 is 15.3 Å². The first-order chi connectivity index (χ1) is 15.7. The van der Waals surface area contributed by atoms with Crippen molar-refractivity contribution in [2.45, 2.75) is 63.9 Å². The molecule has 1 aliphatic carbocycles. The smallest absolute Gasteiger partial charge is 0.287 e. The Balaban J connectivity index is 1.70. The van der Waals surface area contributed by atoms with E-state index in [-0.39, 0.29) is 56.5 Å². The van der Waals surface area contributed by atoms with Gasteiger partial charge in [0, 0.05) is 30.6 Å². The first-order valence-electron chi connectivity index (χ1n) is 11.1. The zero-order chi connectivity index (χ0) is 25.1. The lowest BCUT2D eigenvalue weighted by molar-refractivity contribution is -0.131. The molecule has 3 heterocycles. The van der Waals surface area contributed by atoms with Crippen LogP contribution in [-0.2, 0) is 31.4 Å². The quantitative estimate of drug-likeness (QED) is 0.512. The number of aliphatic hydroxyl groups is 1. The molecule has 13 heteroatoms. The Morgan fingerprint density at radius 3 is 2.68 bits per heavy atom. The Morgan fingerprint density at radius 2 is 2.03 bits per heavy atom. The predicted molar refractivity (Wildman–Crippen MR) is 131 cm³/mol. The third kappa shape index (κ3) is 4.88. The van der Waals surface area contributed by atoms with Crippen molar-refractivity contribution >= 4 is 48.1 Å². The second-order valence-corrected chi connectivity index (χ2v) is 14.5. The fraction of sp³-hybridized carbons (Fsp3) is 0.619. The van der Waals surface area contributed by atoms with Crippen LogP contribution >= 0.6 is 11.3 Å². The van der Waals surface area contributed by atoms with E-state index in [1.54, 1.807) is 4.90 Å². The summed E-state index contributed by atoms with van der Waals surface area (Å²) in [5, 5.41) is 15.7. The number of anilines is 1. The first kappa shape index (κ1) is 25.1. The van der Waals surface area contributed by atoms with Crippen LogP contribution in [0.5, 0.6) is 0 Å². The van der Waals surface area contributed by atoms with E-state index in [0.29, 0.717) is 13.0 Å². The van der Waals surface area contributed by atoms with E-state index in [1.807, 2.05) is 0 Å². The summed E-state index contributed by atoms with van der Waals surface area (Å²) in [6, 6.07) is -0.106. The molecule has 2 aliphatic heterocycles. The Bertz CT molecular complexity index is 1290. The number of rotatable bonds is 6. The van der Waals surface area contributed by atoms with Gasteiger partial charge in [-0.3, -0.25) is 4.79 Å². The number of carbonyl (C=O) groups is 1. The molecule has 1 aromatic heterocycles. The molecular formula is C21H30N4O6S3. The Labute approximate surface area is 204 Å². The van der Waals surface area contributed by atoms with E-state index in [1.165, 1.54) is 5.38 Å². The maximum atomic E-state index is 13.6. The second-order valence-electron chi connectivity index (χ2n) is 10.2. The van der Waals surface area contributed by atoms with Crippen LogP contribution in [0.15, 0.2) is 26.0 Å². The SMILES string of the molecule is CC(C)(C)CCN1C(=O)C(C2=NS(=O)(=O)c3c(CNS(C)(=O)=O)csc3N2)=C(O)[C@@H]2CCC[C@@H]21. The number of amides is 1. The van der Waals surface area contributed by atoms with Gasteiger partial charge in [-0.25, -0.2) is 13.1 Å². The van der Waals surface area contributed by atoms with Crippen molar-refractivity contribution in [3.8, 4) is 0 Å². The van der Waals surface area contributed by atoms with Gasteiger partial charge in [0.05, 0.1) is 6.26 Å². The number of carbonyl (C=O) groups excluding carboxylic acids is 1. The van der Waals surface area contributed by atoms with Gasteiger partial charge in [0.25, 0.3) is 15.9 Å². The maximum absolute atomic E-state index is 13.6. The summed E-state index contributed by atoms with van der Waals surface area (Å²) in [4.78, 5) is 15.2. The minimum atomic E-state index is -4.23. The summed E-state index contributed by atoms with van der Waals surface area (Å²) in [5.74, 6) is -0.977. The topological polar surface area (TPSA) is 145 Å². The summed E-state index contributed by atoms with van der Waals surface area (Å²) < 4.78 is 55.2. The lowest BCUT2D eigenvalue weighted by Gasteiger charge is -2.39. The third-order valence-corrected chi connectivity index (χ3v) is 9.49. The average Bonchev–Trinajstić information content (AvgIpc) is 3.32. The van der Waals surface area contributed by atoms with Gasteiger partial charge >= 0.3 is 0 Å². The number of nitrogens with one attached hydrogen (secondary N) is 2. The molecule has 0 saturated heterocycles. The number of sulfonamides is 2. The van der Waals surface area contributed by atoms with Crippen LogP contribution in [0, 0.1) is 11.3 Å². The first-order valence-corrected chi connectivity index (χ1v) is 15.3. The molecule has 1 saturated carbocycles. The molecule has 1 aromatic rings. The zero-order valence-corrected chi connectivity index (χ0v) is 22.0. The van der Waals surface area contributed by atoms with Crippen molar-refractivity contribution in [3.05, 3.63) is 22.3 Å². The normalized spacial score (nSPS) is 24.5. The monoisotopic (exact) mass is 530 g/mol. The molecule has 0 spiro atoms. The van der Waals surface area contributed by atoms with Crippen LogP contribution in [0.2, 0.25) is 0 Å². The molecule has 10 nitrogen and oxygen atoms in total. The highest BCUT2D eigenvalue weighted by atomic mass is 32.2. The second kappa shape index (κ2) is 8.61. The summed E-state index contributed by atoms with van der Waals surface area (Å²) in [7, 11) is -7.76. The number of fused-ring (bicyclic) bond motifs is 2. The van der Waals surface area contributed by atoms with Crippen molar-refractivity contribution < 1.29 is 26.7 Å². The molecule has 2 atom stereocenters. The molecular weight excluding hydrogens is 500 g/mol. The molecule has 0 bridgehead atoms. The number of aliphatic hydroxyl groups excluding tert-OH is 1. The molecule has 188 valence electrons. The summed E-state index contributed by atoms with van der Waals surface area (Å²) >= 11 is 1.07. The van der Waals surface area contributed by atoms with Gasteiger partial charge in [-0.2, -0.15) is 8.42 Å². The highest BCUT2D eigenvalue weighted by molar-refractivity contribution is 7.91. The summed E-state index contributed by atoms with van der Waals surface area (Å²) in [6.45, 7) is 6.58. The van der Waals surface area contributed by atoms with Gasteiger partial charge in [0.2, 0.25) is 10.0 Å². The van der Waals surface area contributed by atoms with Gasteiger partial charge in [-0.1, -0.05) is 27.2 Å². The maximum Gasteiger partial charge on any atom is 0.287 e. The van der Waals surface area contributed by atoms with Crippen molar-refractivity contribution in [2.24, 2.45) is 15.7 Å². The predicted octanol–water partition coefficient (Wildman–Crippen LogP) is 2.57. The number of amidine groups is 1. The molecule has 34 heavy (non-hydrogen) atoms. The molecule has 0 radical (unpaired) electrons. The molecule has 1 fully saturated rings. The molecule has 0 aromatic carbocycles. The van der Waals surface area contributed by atoms with Crippen LogP contribution in [0.4, 0.5) is 5.00 Å². The average molecular weight is 531 g/mol. The fourth-order valence-corrected chi connectivity index (χ4v) is 7.68. The largest absolute Gasteiger partial charge is 0.511 e. The van der Waals surface area contributed by atoms with E-state index in [4.69, 9.17) is 0 Å². The Hall–Kier alpha value is -1.96. The van der Waals surface area contributed by atoms with Gasteiger partial charge in [-0.15, -0.1) is 15.7 Å². The number of nitrogens with zero attached hydrogens (tertiary/aromatic N) is 2. The standard InChI is InChI=1S/C21H30N4O6S3/c1-21(2,3)8-9-25-14-7-5-6-13(14)16(26)15(20(25)27)18-23-19-17(34(30,31)24-18)12(11-32-19)10-22-33(4,28)29/h11,13-14,22,26H,5-10H2,1-4H3,(H,23,24)/t13-,14+/m1/s1. The molecule has 1 amide bonds. The molecule has 4 rings (SSSR count). The van der Waals surface area contributed by atoms with E-state index < -0.39 is 26.0 Å². The molecule has 3 N–H and O–H groups in total. The third-order valence-electron chi connectivity index (χ3n) is 6.34. The van der Waals surface area contributed by atoms with Crippen LogP contribution < -0.4 is 10.0 Å². The van der Waals surface area contributed by atoms with Crippen LogP contribution in [0.3, 0.4) is 0 Å². The van der Waals surface area contributed by atoms with Crippen molar-refractivity contribution in [1.29, 1.82) is 0 Å². The van der Waals surface area contributed by atoms with E-state index >= 15 is 0 Å². The Kier molecular flexibility index (Phi) is 6.37. The van der Waals surface area contributed by atoms with Gasteiger partial charge in [-0.05, 0) is 30.1 Å². The lowest BCUT2D eigenvalue weighted by atomic mass is 9.87. The van der Waals surface area contributed by atoms with E-state index in [2.05, 4.69) is 35.2 Å². The van der Waals surface area contributed by atoms with Gasteiger partial charge in [0.1, 0.15) is 21.2 Å². The molecule has 0 unspecified atom stereocenters. The van der Waals surface area contributed by atoms with Crippen LogP contribution in [0.1, 0.15) is 52.0 Å². The lowest BCUT2D eigenvalue weighted by Crippen LogP contribution is -2.51. The van der Waals surface area contributed by atoms with Crippen LogP contribution in [-0.4, -0.2) is 57.4 Å². The minimum Gasteiger partial charge on any atom is -0.511 e. The van der Waals surface area contributed by atoms with E-state index in [0.717, 1.165) is 36.9 Å². The summed E-state index contributed by atoms with van der Waals surface area (Å²) in [5.41, 5.74) is 0.163. The fourth-order valence-electron chi connectivity index (χ4n) is 4.65. The van der Waals surface area contributed by atoms with Crippen molar-refractivity contribution in [3.63, 3.8) is 0 Å². The number of thiophene rings is 1. The number of hydrogen-bond acceptors (Lipinski definition) is 8. The summed E-state index contributed by atoms with van der Waals surface area (Å²) in [6.07, 6.45) is 4.13.